The average molecular weight is 326 g/mol. The van der Waals surface area contributed by atoms with Gasteiger partial charge >= 0.3 is 0 Å². The lowest BCUT2D eigenvalue weighted by Crippen LogP contribution is -2.56. The van der Waals surface area contributed by atoms with E-state index in [1.165, 1.54) is 12.0 Å². The van der Waals surface area contributed by atoms with E-state index in [4.69, 9.17) is 0 Å². The molecule has 0 spiro atoms. The average Bonchev–Trinajstić information content (AvgIpc) is 3.24. The molecular formula is C19H22N2OS. The van der Waals surface area contributed by atoms with Crippen LogP contribution in [0.5, 0.6) is 0 Å². The van der Waals surface area contributed by atoms with Crippen molar-refractivity contribution in [3.8, 4) is 0 Å². The van der Waals surface area contributed by atoms with Crippen molar-refractivity contribution in [1.29, 1.82) is 0 Å². The Hall–Kier alpha value is -1.65. The number of rotatable bonds is 2. The Balaban J connectivity index is 1.62. The number of carbonyl (C=O) groups excluding carboxylic acids is 1. The van der Waals surface area contributed by atoms with Crippen LogP contribution in [-0.2, 0) is 5.41 Å². The molecule has 2 saturated heterocycles. The van der Waals surface area contributed by atoms with E-state index in [1.807, 2.05) is 17.5 Å². The molecular weight excluding hydrogens is 304 g/mol. The Morgan fingerprint density at radius 1 is 1.13 bits per heavy atom. The molecule has 2 aromatic rings. The molecule has 0 saturated carbocycles. The van der Waals surface area contributed by atoms with Gasteiger partial charge in [-0.1, -0.05) is 36.4 Å². The molecule has 3 nitrogen and oxygen atoms in total. The van der Waals surface area contributed by atoms with Gasteiger partial charge in [-0.15, -0.1) is 11.3 Å². The molecule has 2 fully saturated rings. The quantitative estimate of drug-likeness (QED) is 0.846. The van der Waals surface area contributed by atoms with Crippen LogP contribution in [0.4, 0.5) is 0 Å². The van der Waals surface area contributed by atoms with Gasteiger partial charge in [-0.05, 0) is 43.4 Å². The van der Waals surface area contributed by atoms with Gasteiger partial charge in [0.2, 0.25) is 0 Å². The van der Waals surface area contributed by atoms with Crippen LogP contribution in [0.2, 0.25) is 0 Å². The molecule has 0 radical (unpaired) electrons. The second-order valence-electron chi connectivity index (χ2n) is 6.75. The van der Waals surface area contributed by atoms with Crippen molar-refractivity contribution in [2.24, 2.45) is 0 Å². The number of hydrogen-bond acceptors (Lipinski definition) is 3. The monoisotopic (exact) mass is 326 g/mol. The Morgan fingerprint density at radius 2 is 1.91 bits per heavy atom. The zero-order chi connectivity index (χ0) is 15.9. The molecule has 0 unspecified atom stereocenters. The fraction of sp³-hybridized carbons (Fsp3) is 0.421. The fourth-order valence-electron chi connectivity index (χ4n) is 4.35. The summed E-state index contributed by atoms with van der Waals surface area (Å²) in [6.07, 6.45) is 2.25. The lowest BCUT2D eigenvalue weighted by Gasteiger charge is -2.46. The van der Waals surface area contributed by atoms with Crippen LogP contribution in [0.15, 0.2) is 47.8 Å². The first-order valence-electron chi connectivity index (χ1n) is 8.29. The van der Waals surface area contributed by atoms with Crippen molar-refractivity contribution in [3.63, 3.8) is 0 Å². The largest absolute Gasteiger partial charge is 0.336 e. The van der Waals surface area contributed by atoms with Crippen molar-refractivity contribution >= 4 is 17.2 Å². The third-order valence-electron chi connectivity index (χ3n) is 5.67. The molecule has 1 aromatic heterocycles. The minimum atomic E-state index is 0.196. The smallest absolute Gasteiger partial charge is 0.263 e. The summed E-state index contributed by atoms with van der Waals surface area (Å²) < 4.78 is 0. The number of benzene rings is 1. The molecule has 2 atom stereocenters. The number of fused-ring (bicyclic) bond motifs is 1. The number of hydrogen-bond donors (Lipinski definition) is 0. The first-order valence-corrected chi connectivity index (χ1v) is 9.17. The van der Waals surface area contributed by atoms with E-state index in [0.717, 1.165) is 30.9 Å². The molecule has 0 bridgehead atoms. The van der Waals surface area contributed by atoms with Crippen LogP contribution in [0.1, 0.15) is 28.1 Å². The molecule has 4 rings (SSSR count). The third-order valence-corrected chi connectivity index (χ3v) is 6.53. The predicted octanol–water partition coefficient (Wildman–Crippen LogP) is 3.24. The van der Waals surface area contributed by atoms with Gasteiger partial charge in [-0.25, -0.2) is 0 Å². The molecule has 0 aliphatic carbocycles. The van der Waals surface area contributed by atoms with E-state index in [2.05, 4.69) is 47.2 Å². The van der Waals surface area contributed by atoms with E-state index in [9.17, 15) is 4.79 Å². The lowest BCUT2D eigenvalue weighted by molar-refractivity contribution is 0.0558. The Labute approximate surface area is 141 Å². The van der Waals surface area contributed by atoms with Crippen LogP contribution in [0.3, 0.4) is 0 Å². The van der Waals surface area contributed by atoms with Crippen LogP contribution in [0.25, 0.3) is 0 Å². The van der Waals surface area contributed by atoms with Gasteiger partial charge in [0.15, 0.2) is 0 Å². The molecule has 120 valence electrons. The van der Waals surface area contributed by atoms with Gasteiger partial charge < -0.3 is 9.80 Å². The maximum Gasteiger partial charge on any atom is 0.263 e. The topological polar surface area (TPSA) is 23.6 Å². The molecule has 2 aliphatic rings. The van der Waals surface area contributed by atoms with Gasteiger partial charge in [0.05, 0.1) is 4.88 Å². The number of likely N-dealkylation sites (tertiary alicyclic amines) is 2. The summed E-state index contributed by atoms with van der Waals surface area (Å²) in [5.41, 5.74) is 1.65. The summed E-state index contributed by atoms with van der Waals surface area (Å²) in [6.45, 7) is 2.80. The number of nitrogens with zero attached hydrogens (tertiary/aromatic N) is 2. The van der Waals surface area contributed by atoms with Crippen molar-refractivity contribution in [3.05, 3.63) is 58.3 Å². The molecule has 4 heteroatoms. The molecule has 1 aromatic carbocycles. The van der Waals surface area contributed by atoms with Crippen molar-refractivity contribution in [2.45, 2.75) is 24.3 Å². The number of carbonyl (C=O) groups is 1. The highest BCUT2D eigenvalue weighted by molar-refractivity contribution is 7.12. The maximum absolute atomic E-state index is 12.7. The van der Waals surface area contributed by atoms with E-state index < -0.39 is 0 Å². The minimum Gasteiger partial charge on any atom is -0.336 e. The summed E-state index contributed by atoms with van der Waals surface area (Å²) in [6, 6.07) is 15.2. The van der Waals surface area contributed by atoms with Gasteiger partial charge in [0, 0.05) is 24.5 Å². The zero-order valence-electron chi connectivity index (χ0n) is 13.4. The van der Waals surface area contributed by atoms with Gasteiger partial charge in [-0.2, -0.15) is 0 Å². The van der Waals surface area contributed by atoms with Crippen LogP contribution >= 0.6 is 11.3 Å². The minimum absolute atomic E-state index is 0.196. The van der Waals surface area contributed by atoms with E-state index in [0.29, 0.717) is 6.04 Å². The number of piperidine rings is 1. The second-order valence-corrected chi connectivity index (χ2v) is 7.69. The fourth-order valence-corrected chi connectivity index (χ4v) is 5.04. The van der Waals surface area contributed by atoms with Gasteiger partial charge in [0.25, 0.3) is 5.91 Å². The Kier molecular flexibility index (Phi) is 3.74. The number of amides is 1. The Bertz CT molecular complexity index is 685. The Morgan fingerprint density at radius 3 is 2.65 bits per heavy atom. The van der Waals surface area contributed by atoms with Crippen molar-refractivity contribution in [2.75, 3.05) is 26.7 Å². The first kappa shape index (κ1) is 14.9. The van der Waals surface area contributed by atoms with Crippen LogP contribution in [-0.4, -0.2) is 48.4 Å². The summed E-state index contributed by atoms with van der Waals surface area (Å²) >= 11 is 1.54. The highest BCUT2D eigenvalue weighted by Gasteiger charge is 2.50. The predicted molar refractivity (Wildman–Crippen MR) is 94.0 cm³/mol. The molecule has 23 heavy (non-hydrogen) atoms. The first-order chi connectivity index (χ1) is 11.2. The van der Waals surface area contributed by atoms with Crippen LogP contribution < -0.4 is 0 Å². The van der Waals surface area contributed by atoms with E-state index >= 15 is 0 Å². The molecule has 1 amide bonds. The second kappa shape index (κ2) is 5.77. The molecule has 2 aliphatic heterocycles. The third kappa shape index (κ3) is 2.41. The summed E-state index contributed by atoms with van der Waals surface area (Å²) in [7, 11) is 2.20. The summed E-state index contributed by atoms with van der Waals surface area (Å²) in [4.78, 5) is 18.1. The standard InChI is InChI=1S/C19H22N2OS/c1-20-11-9-19(15-6-3-2-4-7-15)10-12-21(14-17(19)20)18(22)16-8-5-13-23-16/h2-8,13,17H,9-12,14H2,1H3/t17-,19+/m0/s1. The number of thiophene rings is 1. The van der Waals surface area contributed by atoms with Gasteiger partial charge in [-0.3, -0.25) is 4.79 Å². The summed E-state index contributed by atoms with van der Waals surface area (Å²) in [5.74, 6) is 0.196. The van der Waals surface area contributed by atoms with E-state index in [1.54, 1.807) is 11.3 Å². The SMILES string of the molecule is CN1CC[C@]2(c3ccccc3)CCN(C(=O)c3cccs3)C[C@H]12. The molecule has 3 heterocycles. The van der Waals surface area contributed by atoms with Crippen LogP contribution in [0, 0.1) is 0 Å². The van der Waals surface area contributed by atoms with E-state index in [-0.39, 0.29) is 11.3 Å². The molecule has 0 N–H and O–H groups in total. The zero-order valence-corrected chi connectivity index (χ0v) is 14.3. The normalized spacial score (nSPS) is 27.9. The highest BCUT2D eigenvalue weighted by Crippen LogP contribution is 2.45. The number of likely N-dealkylation sites (N-methyl/N-ethyl adjacent to an activating group) is 1. The lowest BCUT2D eigenvalue weighted by atomic mass is 9.69. The summed E-state index contributed by atoms with van der Waals surface area (Å²) in [5, 5.41) is 1.98. The van der Waals surface area contributed by atoms with Crippen molar-refractivity contribution in [1.82, 2.24) is 9.80 Å². The maximum atomic E-state index is 12.7. The van der Waals surface area contributed by atoms with Crippen molar-refractivity contribution < 1.29 is 4.79 Å². The highest BCUT2D eigenvalue weighted by atomic mass is 32.1. The van der Waals surface area contributed by atoms with Gasteiger partial charge in [0.1, 0.15) is 0 Å².